The fourth-order valence-corrected chi connectivity index (χ4v) is 1.41. The molecule has 1 nitrogen and oxygen atoms in total. The first-order valence-corrected chi connectivity index (χ1v) is 4.55. The summed E-state index contributed by atoms with van der Waals surface area (Å²) in [6.45, 7) is 0. The minimum Gasteiger partial charge on any atom is -0.201 e. The Morgan fingerprint density at radius 3 is 1.76 bits per heavy atom. The van der Waals surface area contributed by atoms with Crippen molar-refractivity contribution < 1.29 is 26.3 Å². The summed E-state index contributed by atoms with van der Waals surface area (Å²) in [6, 6.07) is 3.30. The van der Waals surface area contributed by atoms with Crippen LogP contribution >= 0.6 is 0 Å². The lowest BCUT2D eigenvalue weighted by atomic mass is 10.1. The van der Waals surface area contributed by atoms with Gasteiger partial charge in [0.1, 0.15) is 6.04 Å². The second-order valence-electron chi connectivity index (χ2n) is 3.43. The van der Waals surface area contributed by atoms with Gasteiger partial charge in [-0.2, -0.15) is 26.3 Å². The lowest BCUT2D eigenvalue weighted by molar-refractivity contribution is -0.295. The van der Waals surface area contributed by atoms with E-state index < -0.39 is 29.0 Å². The molecule has 0 N–H and O–H groups in total. The number of hydrogen-bond acceptors (Lipinski definition) is 1. The zero-order chi connectivity index (χ0) is 13.3. The molecule has 0 radical (unpaired) electrons. The largest absolute Gasteiger partial charge is 0.460 e. The molecule has 0 heterocycles. The molecule has 0 aromatic heterocycles. The first-order valence-electron chi connectivity index (χ1n) is 4.55. The molecule has 0 bridgehead atoms. The van der Waals surface area contributed by atoms with Crippen LogP contribution in [0.1, 0.15) is 11.6 Å². The van der Waals surface area contributed by atoms with E-state index in [0.717, 1.165) is 12.1 Å². The predicted molar refractivity (Wildman–Crippen MR) is 49.1 cm³/mol. The summed E-state index contributed by atoms with van der Waals surface area (Å²) in [7, 11) is 0.380. The Balaban J connectivity index is 3.15. The van der Waals surface area contributed by atoms with E-state index in [2.05, 4.69) is 0 Å². The third-order valence-corrected chi connectivity index (χ3v) is 2.21. The maximum absolute atomic E-state index is 12.6. The predicted octanol–water partition coefficient (Wildman–Crippen LogP) is 3.74. The molecular weight excluding hydrogens is 248 g/mol. The number of halogens is 6. The van der Waals surface area contributed by atoms with Crippen molar-refractivity contribution in [3.8, 4) is 0 Å². The van der Waals surface area contributed by atoms with Gasteiger partial charge in [-0.05, 0) is 12.6 Å². The van der Waals surface area contributed by atoms with Gasteiger partial charge in [-0.15, -0.1) is 0 Å². The Hall–Kier alpha value is -1.24. The average molecular weight is 257 g/mol. The molecule has 0 aliphatic rings. The van der Waals surface area contributed by atoms with E-state index in [1.807, 2.05) is 0 Å². The van der Waals surface area contributed by atoms with Crippen molar-refractivity contribution in [1.82, 2.24) is 4.90 Å². The summed E-state index contributed by atoms with van der Waals surface area (Å²) in [6.07, 6.45) is -10.0. The van der Waals surface area contributed by atoms with Crippen LogP contribution in [0, 0.1) is 0 Å². The van der Waals surface area contributed by atoms with Crippen molar-refractivity contribution in [1.29, 1.82) is 0 Å². The van der Waals surface area contributed by atoms with Crippen molar-refractivity contribution in [2.24, 2.45) is 0 Å². The van der Waals surface area contributed by atoms with E-state index in [0.29, 0.717) is 7.05 Å². The van der Waals surface area contributed by atoms with Gasteiger partial charge in [0.2, 0.25) is 0 Å². The van der Waals surface area contributed by atoms with Crippen LogP contribution in [0.5, 0.6) is 0 Å². The maximum Gasteiger partial charge on any atom is 0.460 e. The summed E-state index contributed by atoms with van der Waals surface area (Å²) >= 11 is 0. The van der Waals surface area contributed by atoms with Gasteiger partial charge in [0.15, 0.2) is 0 Å². The molecule has 0 fully saturated rings. The summed E-state index contributed by atoms with van der Waals surface area (Å²) in [4.78, 5) is -0.650. The van der Waals surface area contributed by atoms with Crippen molar-refractivity contribution >= 4 is 0 Å². The summed E-state index contributed by atoms with van der Waals surface area (Å²) in [5.74, 6) is 0. The van der Waals surface area contributed by atoms with Gasteiger partial charge in [0.25, 0.3) is 0 Å². The van der Waals surface area contributed by atoms with E-state index in [4.69, 9.17) is 0 Å². The molecule has 7 heteroatoms. The van der Waals surface area contributed by atoms with Gasteiger partial charge in [-0.1, -0.05) is 30.3 Å². The zero-order valence-corrected chi connectivity index (χ0v) is 8.68. The minimum atomic E-state index is -5.05. The second-order valence-corrected chi connectivity index (χ2v) is 3.43. The van der Waals surface area contributed by atoms with E-state index in [-0.39, 0.29) is 0 Å². The van der Waals surface area contributed by atoms with Crippen LogP contribution in [-0.2, 0) is 0 Å². The highest BCUT2D eigenvalue weighted by Gasteiger charge is 2.51. The third kappa shape index (κ3) is 3.36. The van der Waals surface area contributed by atoms with Crippen molar-refractivity contribution in [3.63, 3.8) is 0 Å². The number of benzene rings is 1. The highest BCUT2D eigenvalue weighted by molar-refractivity contribution is 5.20. The summed E-state index contributed by atoms with van der Waals surface area (Å²) < 4.78 is 75.0. The van der Waals surface area contributed by atoms with Crippen LogP contribution in [-0.4, -0.2) is 24.4 Å². The highest BCUT2D eigenvalue weighted by Crippen LogP contribution is 2.41. The standard InChI is InChI=1S/C10H9F6N/c1-17(10(14,15)16)8(9(11,12)13)7-5-3-2-4-6-7/h2-6,8H,1H3. The highest BCUT2D eigenvalue weighted by atomic mass is 19.4. The van der Waals surface area contributed by atoms with Crippen LogP contribution in [0.25, 0.3) is 0 Å². The van der Waals surface area contributed by atoms with Gasteiger partial charge in [-0.3, -0.25) is 0 Å². The topological polar surface area (TPSA) is 3.24 Å². The molecule has 1 rings (SSSR count). The summed E-state index contributed by atoms with van der Waals surface area (Å²) in [5.41, 5.74) is -0.445. The molecule has 0 aliphatic carbocycles. The van der Waals surface area contributed by atoms with Crippen molar-refractivity contribution in [2.45, 2.75) is 18.5 Å². The quantitative estimate of drug-likeness (QED) is 0.576. The van der Waals surface area contributed by atoms with Gasteiger partial charge in [0.05, 0.1) is 0 Å². The van der Waals surface area contributed by atoms with E-state index in [1.54, 1.807) is 0 Å². The maximum atomic E-state index is 12.6. The first-order chi connectivity index (χ1) is 7.64. The normalized spacial score (nSPS) is 15.1. The SMILES string of the molecule is CN(C(c1ccccc1)C(F)(F)F)C(F)(F)F. The Morgan fingerprint density at radius 2 is 1.41 bits per heavy atom. The monoisotopic (exact) mass is 257 g/mol. The van der Waals surface area contributed by atoms with Crippen LogP contribution in [0.4, 0.5) is 26.3 Å². The molecule has 1 aromatic rings. The third-order valence-electron chi connectivity index (χ3n) is 2.21. The Morgan fingerprint density at radius 1 is 0.941 bits per heavy atom. The molecule has 96 valence electrons. The smallest absolute Gasteiger partial charge is 0.201 e. The number of alkyl halides is 6. The molecule has 0 aliphatic heterocycles. The van der Waals surface area contributed by atoms with Crippen LogP contribution in [0.2, 0.25) is 0 Å². The summed E-state index contributed by atoms with van der Waals surface area (Å²) in [5, 5.41) is 0. The first kappa shape index (κ1) is 13.8. The average Bonchev–Trinajstić information content (AvgIpc) is 2.15. The number of nitrogens with zero attached hydrogens (tertiary/aromatic N) is 1. The van der Waals surface area contributed by atoms with Gasteiger partial charge in [-0.25, -0.2) is 4.90 Å². The molecule has 0 saturated heterocycles. The Labute approximate surface area is 93.6 Å². The molecule has 1 atom stereocenters. The van der Waals surface area contributed by atoms with Gasteiger partial charge < -0.3 is 0 Å². The van der Waals surface area contributed by atoms with Crippen molar-refractivity contribution in [3.05, 3.63) is 35.9 Å². The van der Waals surface area contributed by atoms with Gasteiger partial charge in [0, 0.05) is 0 Å². The second kappa shape index (κ2) is 4.56. The van der Waals surface area contributed by atoms with Gasteiger partial charge >= 0.3 is 12.5 Å². The molecule has 1 unspecified atom stereocenters. The van der Waals surface area contributed by atoms with E-state index >= 15 is 0 Å². The van der Waals surface area contributed by atoms with Crippen LogP contribution in [0.3, 0.4) is 0 Å². The van der Waals surface area contributed by atoms with Crippen molar-refractivity contribution in [2.75, 3.05) is 7.05 Å². The zero-order valence-electron chi connectivity index (χ0n) is 8.68. The van der Waals surface area contributed by atoms with Crippen LogP contribution in [0.15, 0.2) is 30.3 Å². The number of rotatable bonds is 2. The lowest BCUT2D eigenvalue weighted by Crippen LogP contribution is -2.44. The lowest BCUT2D eigenvalue weighted by Gasteiger charge is -2.31. The van der Waals surface area contributed by atoms with E-state index in [1.165, 1.54) is 18.2 Å². The molecular formula is C10H9F6N. The Kier molecular flexibility index (Phi) is 3.71. The molecule has 1 aromatic carbocycles. The van der Waals surface area contributed by atoms with E-state index in [9.17, 15) is 26.3 Å². The molecule has 0 spiro atoms. The minimum absolute atomic E-state index is 0.380. The molecule has 0 amide bonds. The molecule has 0 saturated carbocycles. The van der Waals surface area contributed by atoms with Crippen LogP contribution < -0.4 is 0 Å². The molecule has 17 heavy (non-hydrogen) atoms. The fourth-order valence-electron chi connectivity index (χ4n) is 1.41. The number of hydrogen-bond donors (Lipinski definition) is 0. The Bertz CT molecular complexity index is 355. The fraction of sp³-hybridized carbons (Fsp3) is 0.400.